The van der Waals surface area contributed by atoms with E-state index in [0.717, 1.165) is 52.5 Å². The molecule has 38 heavy (non-hydrogen) atoms. The number of likely N-dealkylation sites (tertiary alicyclic amines) is 1. The minimum atomic E-state index is -0.304. The number of hydrazine groups is 1. The number of imide groups is 1. The van der Waals surface area contributed by atoms with Gasteiger partial charge in [0.25, 0.3) is 5.91 Å². The Bertz CT molecular complexity index is 1460. The number of fused-ring (bicyclic) bond motifs is 2. The summed E-state index contributed by atoms with van der Waals surface area (Å²) < 4.78 is 0. The molecule has 0 spiro atoms. The molecular formula is C30H31N5O3. The summed E-state index contributed by atoms with van der Waals surface area (Å²) in [5, 5.41) is 2.37. The van der Waals surface area contributed by atoms with Crippen LogP contribution >= 0.6 is 0 Å². The smallest absolute Gasteiger partial charge is 0.273 e. The number of amides is 3. The van der Waals surface area contributed by atoms with E-state index in [1.165, 1.54) is 48.2 Å². The number of piperidine rings is 1. The number of carbonyl (C=O) groups is 3. The van der Waals surface area contributed by atoms with Crippen molar-refractivity contribution in [2.45, 2.75) is 70.4 Å². The summed E-state index contributed by atoms with van der Waals surface area (Å²) in [6, 6.07) is 10.0. The van der Waals surface area contributed by atoms with Gasteiger partial charge in [0.1, 0.15) is 0 Å². The van der Waals surface area contributed by atoms with Crippen molar-refractivity contribution in [1.29, 1.82) is 0 Å². The summed E-state index contributed by atoms with van der Waals surface area (Å²) in [4.78, 5) is 50.6. The Morgan fingerprint density at radius 1 is 0.868 bits per heavy atom. The molecule has 8 nitrogen and oxygen atoms in total. The second kappa shape index (κ2) is 9.27. The Morgan fingerprint density at radius 3 is 2.39 bits per heavy atom. The van der Waals surface area contributed by atoms with E-state index in [9.17, 15) is 14.4 Å². The molecule has 5 heterocycles. The van der Waals surface area contributed by atoms with E-state index in [1.807, 2.05) is 24.4 Å². The molecule has 3 aliphatic heterocycles. The molecule has 2 aromatic heterocycles. The summed E-state index contributed by atoms with van der Waals surface area (Å²) >= 11 is 0. The predicted octanol–water partition coefficient (Wildman–Crippen LogP) is 4.57. The van der Waals surface area contributed by atoms with Gasteiger partial charge in [-0.05, 0) is 92.1 Å². The van der Waals surface area contributed by atoms with E-state index >= 15 is 0 Å². The highest BCUT2D eigenvalue weighted by molar-refractivity contribution is 6.04. The van der Waals surface area contributed by atoms with Gasteiger partial charge in [-0.25, -0.2) is 9.99 Å². The molecule has 0 radical (unpaired) electrons. The average Bonchev–Trinajstić information content (AvgIpc) is 3.51. The number of hydrogen-bond donors (Lipinski definition) is 0. The van der Waals surface area contributed by atoms with Crippen LogP contribution in [0.4, 0.5) is 0 Å². The molecule has 4 aliphatic rings. The summed E-state index contributed by atoms with van der Waals surface area (Å²) in [6.07, 6.45) is 9.15. The molecule has 1 aliphatic carbocycles. The zero-order chi connectivity index (χ0) is 25.8. The minimum Gasteiger partial charge on any atom is -0.299 e. The maximum atomic E-state index is 13.2. The standard InChI is InChI=1S/C30H31N5O3/c36-26-7-4-8-27(37)35(26)34-18-21-15-20(9-10-24(21)30(34)38)25-16-22(17-33-13-1-2-14-33)28-29(32-25)23(11-12-31-28)19-5-3-6-19/h9-12,15-16,19H,1-8,13-14,17-18H2. The van der Waals surface area contributed by atoms with Crippen LogP contribution in [-0.2, 0) is 22.7 Å². The monoisotopic (exact) mass is 509 g/mol. The van der Waals surface area contributed by atoms with Gasteiger partial charge in [-0.15, -0.1) is 0 Å². The minimum absolute atomic E-state index is 0.211. The lowest BCUT2D eigenvalue weighted by atomic mass is 9.79. The van der Waals surface area contributed by atoms with Crippen LogP contribution in [0.15, 0.2) is 36.5 Å². The molecule has 8 heteroatoms. The summed E-state index contributed by atoms with van der Waals surface area (Å²) in [6.45, 7) is 3.27. The molecule has 7 rings (SSSR count). The highest BCUT2D eigenvalue weighted by atomic mass is 16.2. The quantitative estimate of drug-likeness (QED) is 0.469. The second-order valence-corrected chi connectivity index (χ2v) is 11.1. The summed E-state index contributed by atoms with van der Waals surface area (Å²) in [7, 11) is 0. The SMILES string of the molecule is O=C1c2ccc(-c3cc(CN4CCCC4)c4nccc(C5CCC5)c4n3)cc2CN1N1C(=O)CCCC1=O. The fourth-order valence-electron chi connectivity index (χ4n) is 6.34. The molecular weight excluding hydrogens is 478 g/mol. The van der Waals surface area contributed by atoms with Gasteiger partial charge in [-0.3, -0.25) is 24.3 Å². The molecule has 2 saturated heterocycles. The van der Waals surface area contributed by atoms with Crippen molar-refractivity contribution in [1.82, 2.24) is 24.9 Å². The van der Waals surface area contributed by atoms with E-state index in [4.69, 9.17) is 9.97 Å². The fourth-order valence-corrected chi connectivity index (χ4v) is 6.34. The molecule has 0 atom stereocenters. The lowest BCUT2D eigenvalue weighted by Crippen LogP contribution is -2.51. The van der Waals surface area contributed by atoms with Crippen LogP contribution in [0.25, 0.3) is 22.3 Å². The Morgan fingerprint density at radius 2 is 1.66 bits per heavy atom. The van der Waals surface area contributed by atoms with Crippen LogP contribution < -0.4 is 0 Å². The molecule has 0 unspecified atom stereocenters. The van der Waals surface area contributed by atoms with Gasteiger partial charge in [-0.1, -0.05) is 12.5 Å². The summed E-state index contributed by atoms with van der Waals surface area (Å²) in [5.74, 6) is -0.371. The van der Waals surface area contributed by atoms with E-state index in [-0.39, 0.29) is 37.1 Å². The normalized spacial score (nSPS) is 20.5. The van der Waals surface area contributed by atoms with E-state index in [0.29, 0.717) is 17.9 Å². The Balaban J connectivity index is 1.28. The number of hydrogen-bond acceptors (Lipinski definition) is 6. The van der Waals surface area contributed by atoms with Crippen LogP contribution in [-0.4, -0.2) is 55.7 Å². The van der Waals surface area contributed by atoms with Crippen molar-refractivity contribution in [3.05, 3.63) is 58.8 Å². The van der Waals surface area contributed by atoms with Gasteiger partial charge in [0.05, 0.1) is 23.3 Å². The van der Waals surface area contributed by atoms with Gasteiger partial charge in [0.2, 0.25) is 11.8 Å². The number of carbonyl (C=O) groups excluding carboxylic acids is 3. The number of aromatic nitrogens is 2. The van der Waals surface area contributed by atoms with Crippen LogP contribution in [0.5, 0.6) is 0 Å². The van der Waals surface area contributed by atoms with Crippen molar-refractivity contribution in [3.63, 3.8) is 0 Å². The molecule has 3 amide bonds. The topological polar surface area (TPSA) is 86.7 Å². The molecule has 3 fully saturated rings. The Hall–Kier alpha value is -3.65. The molecule has 0 N–H and O–H groups in total. The molecule has 0 bridgehead atoms. The van der Waals surface area contributed by atoms with Crippen molar-refractivity contribution in [2.24, 2.45) is 0 Å². The summed E-state index contributed by atoms with van der Waals surface area (Å²) in [5.41, 5.74) is 7.62. The molecule has 1 saturated carbocycles. The first-order chi connectivity index (χ1) is 18.6. The third-order valence-corrected chi connectivity index (χ3v) is 8.62. The fraction of sp³-hybridized carbons (Fsp3) is 0.433. The number of benzene rings is 1. The highest BCUT2D eigenvalue weighted by Gasteiger charge is 2.39. The van der Waals surface area contributed by atoms with Gasteiger partial charge < -0.3 is 0 Å². The van der Waals surface area contributed by atoms with E-state index in [2.05, 4.69) is 17.0 Å². The van der Waals surface area contributed by atoms with Gasteiger partial charge in [-0.2, -0.15) is 5.01 Å². The molecule has 1 aromatic carbocycles. The third-order valence-electron chi connectivity index (χ3n) is 8.62. The van der Waals surface area contributed by atoms with Crippen LogP contribution in [0.2, 0.25) is 0 Å². The van der Waals surface area contributed by atoms with Crippen LogP contribution in [0.1, 0.15) is 84.3 Å². The lowest BCUT2D eigenvalue weighted by molar-refractivity contribution is -0.163. The third kappa shape index (κ3) is 3.89. The molecule has 194 valence electrons. The lowest BCUT2D eigenvalue weighted by Gasteiger charge is -2.32. The van der Waals surface area contributed by atoms with E-state index < -0.39 is 0 Å². The highest BCUT2D eigenvalue weighted by Crippen LogP contribution is 2.40. The van der Waals surface area contributed by atoms with Gasteiger partial charge >= 0.3 is 0 Å². The first-order valence-electron chi connectivity index (χ1n) is 13.9. The largest absolute Gasteiger partial charge is 0.299 e. The van der Waals surface area contributed by atoms with Crippen molar-refractivity contribution in [3.8, 4) is 11.3 Å². The first-order valence-corrected chi connectivity index (χ1v) is 13.9. The maximum absolute atomic E-state index is 13.2. The number of nitrogens with zero attached hydrogens (tertiary/aromatic N) is 5. The van der Waals surface area contributed by atoms with Crippen molar-refractivity contribution in [2.75, 3.05) is 13.1 Å². The number of rotatable bonds is 5. The maximum Gasteiger partial charge on any atom is 0.273 e. The second-order valence-electron chi connectivity index (χ2n) is 11.1. The predicted molar refractivity (Wildman–Crippen MR) is 142 cm³/mol. The van der Waals surface area contributed by atoms with Crippen molar-refractivity contribution >= 4 is 28.8 Å². The Labute approximate surface area is 221 Å². The van der Waals surface area contributed by atoms with Gasteiger partial charge in [0, 0.05) is 36.7 Å². The average molecular weight is 510 g/mol. The zero-order valence-corrected chi connectivity index (χ0v) is 21.5. The van der Waals surface area contributed by atoms with E-state index in [1.54, 1.807) is 0 Å². The molecule has 3 aromatic rings. The number of pyridine rings is 2. The Kier molecular flexibility index (Phi) is 5.73. The van der Waals surface area contributed by atoms with Crippen LogP contribution in [0.3, 0.4) is 0 Å². The van der Waals surface area contributed by atoms with Crippen molar-refractivity contribution < 1.29 is 14.4 Å². The first kappa shape index (κ1) is 23.5. The zero-order valence-electron chi connectivity index (χ0n) is 21.5. The van der Waals surface area contributed by atoms with Gasteiger partial charge in [0.15, 0.2) is 0 Å². The van der Waals surface area contributed by atoms with Crippen LogP contribution in [0, 0.1) is 0 Å².